The Bertz CT molecular complexity index is 1040. The van der Waals surface area contributed by atoms with Crippen molar-refractivity contribution in [2.75, 3.05) is 6.61 Å². The van der Waals surface area contributed by atoms with Gasteiger partial charge in [0.2, 0.25) is 0 Å². The number of nitrogens with zero attached hydrogens (tertiary/aromatic N) is 2. The number of hydrogen-bond acceptors (Lipinski definition) is 3. The molecule has 2 heterocycles. The van der Waals surface area contributed by atoms with Gasteiger partial charge in [-0.1, -0.05) is 61.7 Å². The molecule has 1 aliphatic heterocycles. The van der Waals surface area contributed by atoms with E-state index >= 15 is 0 Å². The highest BCUT2D eigenvalue weighted by molar-refractivity contribution is 6.00. The highest BCUT2D eigenvalue weighted by atomic mass is 16.5. The van der Waals surface area contributed by atoms with Crippen molar-refractivity contribution >= 4 is 5.91 Å². The van der Waals surface area contributed by atoms with Crippen LogP contribution in [-0.2, 0) is 0 Å². The summed E-state index contributed by atoms with van der Waals surface area (Å²) in [5.74, 6) is 0.905. The molecule has 1 saturated carbocycles. The van der Waals surface area contributed by atoms with Gasteiger partial charge in [-0.15, -0.1) is 0 Å². The topological polar surface area (TPSA) is 58.2 Å². The monoisotopic (exact) mass is 401 g/mol. The summed E-state index contributed by atoms with van der Waals surface area (Å²) in [6.07, 6.45) is 5.73. The first-order valence-corrected chi connectivity index (χ1v) is 11.0. The van der Waals surface area contributed by atoms with Crippen LogP contribution in [0.5, 0.6) is 5.75 Å². The summed E-state index contributed by atoms with van der Waals surface area (Å²) in [5, 5.41) is 7.64. The van der Waals surface area contributed by atoms with E-state index in [0.29, 0.717) is 12.3 Å². The Kier molecular flexibility index (Phi) is 5.03. The zero-order chi connectivity index (χ0) is 20.5. The van der Waals surface area contributed by atoms with Gasteiger partial charge in [0.05, 0.1) is 18.3 Å². The molecule has 0 bridgehead atoms. The molecule has 1 aliphatic carbocycles. The number of carbonyl (C=O) groups excluding carboxylic acids is 1. The van der Waals surface area contributed by atoms with Crippen molar-refractivity contribution in [3.63, 3.8) is 0 Å². The lowest BCUT2D eigenvalue weighted by Crippen LogP contribution is -2.40. The Labute approximate surface area is 177 Å². The van der Waals surface area contributed by atoms with Crippen LogP contribution >= 0.6 is 0 Å². The maximum Gasteiger partial charge on any atom is 0.273 e. The first-order valence-electron chi connectivity index (χ1n) is 11.0. The van der Waals surface area contributed by atoms with Crippen LogP contribution in [-0.4, -0.2) is 33.7 Å². The molecule has 1 atom stereocenters. The predicted octanol–water partition coefficient (Wildman–Crippen LogP) is 5.35. The molecule has 30 heavy (non-hydrogen) atoms. The summed E-state index contributed by atoms with van der Waals surface area (Å²) in [7, 11) is 0. The third kappa shape index (κ3) is 3.18. The van der Waals surface area contributed by atoms with Crippen molar-refractivity contribution in [2.24, 2.45) is 0 Å². The van der Waals surface area contributed by atoms with Gasteiger partial charge in [0.1, 0.15) is 11.4 Å². The minimum atomic E-state index is -0.148. The van der Waals surface area contributed by atoms with Crippen LogP contribution in [0.2, 0.25) is 0 Å². The van der Waals surface area contributed by atoms with Gasteiger partial charge in [0, 0.05) is 17.2 Å². The van der Waals surface area contributed by atoms with Crippen LogP contribution in [0.3, 0.4) is 0 Å². The molecule has 5 heteroatoms. The molecule has 154 valence electrons. The van der Waals surface area contributed by atoms with Crippen LogP contribution in [0.1, 0.15) is 66.7 Å². The van der Waals surface area contributed by atoms with Gasteiger partial charge in [0.25, 0.3) is 5.91 Å². The molecule has 5 nitrogen and oxygen atoms in total. The standard InChI is InChI=1S/C25H27N3O2/c1-2-30-20-15-9-12-18(16-20)24-21-22(17-10-5-3-6-11-17)26-27-23(21)25(29)28(24)19-13-7-4-8-14-19/h3,5-6,9-12,15-16,19,24H,2,4,7-8,13-14H2,1H3,(H,26,27). The van der Waals surface area contributed by atoms with Crippen molar-refractivity contribution in [3.8, 4) is 17.0 Å². The van der Waals surface area contributed by atoms with Crippen molar-refractivity contribution in [1.82, 2.24) is 15.1 Å². The fourth-order valence-corrected chi connectivity index (χ4v) is 4.99. The van der Waals surface area contributed by atoms with Gasteiger partial charge >= 0.3 is 0 Å². The van der Waals surface area contributed by atoms with E-state index in [-0.39, 0.29) is 18.0 Å². The summed E-state index contributed by atoms with van der Waals surface area (Å²) in [6.45, 7) is 2.60. The molecule has 5 rings (SSSR count). The van der Waals surface area contributed by atoms with Crippen molar-refractivity contribution < 1.29 is 9.53 Å². The van der Waals surface area contributed by atoms with E-state index in [1.54, 1.807) is 0 Å². The van der Waals surface area contributed by atoms with Crippen molar-refractivity contribution in [3.05, 3.63) is 71.4 Å². The zero-order valence-electron chi connectivity index (χ0n) is 17.3. The molecule has 1 aromatic heterocycles. The summed E-state index contributed by atoms with van der Waals surface area (Å²) in [6, 6.07) is 18.4. The molecule has 2 aliphatic rings. The number of benzene rings is 2. The third-order valence-electron chi connectivity index (χ3n) is 6.30. The minimum absolute atomic E-state index is 0.0680. The molecule has 1 amide bonds. The highest BCUT2D eigenvalue weighted by Crippen LogP contribution is 2.46. The molecule has 0 spiro atoms. The second-order valence-electron chi connectivity index (χ2n) is 8.14. The van der Waals surface area contributed by atoms with Crippen LogP contribution in [0.4, 0.5) is 0 Å². The molecule has 1 fully saturated rings. The normalized spacial score (nSPS) is 19.2. The van der Waals surface area contributed by atoms with Gasteiger partial charge in [-0.25, -0.2) is 0 Å². The van der Waals surface area contributed by atoms with E-state index in [0.717, 1.165) is 41.0 Å². The fraction of sp³-hybridized carbons (Fsp3) is 0.360. The molecule has 3 aromatic rings. The summed E-state index contributed by atoms with van der Waals surface area (Å²) in [4.78, 5) is 15.7. The maximum absolute atomic E-state index is 13.6. The number of ether oxygens (including phenoxy) is 1. The minimum Gasteiger partial charge on any atom is -0.494 e. The van der Waals surface area contributed by atoms with E-state index in [1.807, 2.05) is 37.3 Å². The summed E-state index contributed by atoms with van der Waals surface area (Å²) >= 11 is 0. The number of hydrogen-bond donors (Lipinski definition) is 1. The molecule has 0 radical (unpaired) electrons. The number of rotatable bonds is 5. The van der Waals surface area contributed by atoms with Gasteiger partial charge in [-0.3, -0.25) is 9.89 Å². The summed E-state index contributed by atoms with van der Waals surface area (Å²) in [5.41, 5.74) is 4.59. The smallest absolute Gasteiger partial charge is 0.273 e. The quantitative estimate of drug-likeness (QED) is 0.627. The number of aromatic amines is 1. The molecular formula is C25H27N3O2. The number of carbonyl (C=O) groups is 1. The molecule has 1 unspecified atom stereocenters. The number of fused-ring (bicyclic) bond motifs is 1. The molecule has 2 aromatic carbocycles. The van der Waals surface area contributed by atoms with Crippen LogP contribution in [0.15, 0.2) is 54.6 Å². The van der Waals surface area contributed by atoms with Crippen LogP contribution in [0, 0.1) is 0 Å². The lowest BCUT2D eigenvalue weighted by atomic mass is 9.91. The largest absolute Gasteiger partial charge is 0.494 e. The Hall–Kier alpha value is -3.08. The Balaban J connectivity index is 1.65. The number of aromatic nitrogens is 2. The van der Waals surface area contributed by atoms with Gasteiger partial charge in [-0.05, 0) is 37.5 Å². The second kappa shape index (κ2) is 7.98. The Morgan fingerprint density at radius 3 is 2.63 bits per heavy atom. The Morgan fingerprint density at radius 1 is 1.07 bits per heavy atom. The predicted molar refractivity (Wildman–Crippen MR) is 117 cm³/mol. The first-order chi connectivity index (χ1) is 14.8. The average molecular weight is 402 g/mol. The van der Waals surface area contributed by atoms with E-state index in [1.165, 1.54) is 19.3 Å². The molecule has 0 saturated heterocycles. The highest BCUT2D eigenvalue weighted by Gasteiger charge is 2.45. The number of amides is 1. The van der Waals surface area contributed by atoms with Crippen molar-refractivity contribution in [2.45, 2.75) is 51.1 Å². The molecular weight excluding hydrogens is 374 g/mol. The second-order valence-corrected chi connectivity index (χ2v) is 8.14. The lowest BCUT2D eigenvalue weighted by molar-refractivity contribution is 0.0606. The first kappa shape index (κ1) is 18.9. The van der Waals surface area contributed by atoms with E-state index < -0.39 is 0 Å². The lowest BCUT2D eigenvalue weighted by Gasteiger charge is -2.36. The van der Waals surface area contributed by atoms with E-state index in [2.05, 4.69) is 39.4 Å². The van der Waals surface area contributed by atoms with Crippen molar-refractivity contribution in [1.29, 1.82) is 0 Å². The van der Waals surface area contributed by atoms with Gasteiger partial charge in [0.15, 0.2) is 0 Å². The zero-order valence-corrected chi connectivity index (χ0v) is 17.3. The number of nitrogens with one attached hydrogen (secondary N) is 1. The van der Waals surface area contributed by atoms with E-state index in [9.17, 15) is 4.79 Å². The molecule has 1 N–H and O–H groups in total. The number of H-pyrrole nitrogens is 1. The third-order valence-corrected chi connectivity index (χ3v) is 6.30. The average Bonchev–Trinajstić information content (AvgIpc) is 3.34. The maximum atomic E-state index is 13.6. The Morgan fingerprint density at radius 2 is 1.87 bits per heavy atom. The van der Waals surface area contributed by atoms with Gasteiger partial charge < -0.3 is 9.64 Å². The van der Waals surface area contributed by atoms with E-state index in [4.69, 9.17) is 4.74 Å². The van der Waals surface area contributed by atoms with Crippen LogP contribution < -0.4 is 4.74 Å². The van der Waals surface area contributed by atoms with Crippen LogP contribution in [0.25, 0.3) is 11.3 Å². The SMILES string of the molecule is CCOc1cccc(C2c3c(-c4ccccc4)n[nH]c3C(=O)N2C2CCCCC2)c1. The van der Waals surface area contributed by atoms with Gasteiger partial charge in [-0.2, -0.15) is 5.10 Å². The summed E-state index contributed by atoms with van der Waals surface area (Å²) < 4.78 is 5.77. The fourth-order valence-electron chi connectivity index (χ4n) is 4.99.